The summed E-state index contributed by atoms with van der Waals surface area (Å²) in [6, 6.07) is 6.26. The van der Waals surface area contributed by atoms with Crippen LogP contribution in [0.25, 0.3) is 0 Å². The first kappa shape index (κ1) is 21.6. The zero-order valence-corrected chi connectivity index (χ0v) is 18.6. The molecule has 156 valence electrons. The van der Waals surface area contributed by atoms with Crippen molar-refractivity contribution < 1.29 is 13.2 Å². The molecule has 3 rings (SSSR count). The lowest BCUT2D eigenvalue weighted by Gasteiger charge is -2.46. The van der Waals surface area contributed by atoms with Gasteiger partial charge < -0.3 is 4.90 Å². The molecule has 0 aliphatic carbocycles. The van der Waals surface area contributed by atoms with Crippen LogP contribution in [0.15, 0.2) is 29.2 Å². The van der Waals surface area contributed by atoms with E-state index in [2.05, 4.69) is 19.2 Å². The molecule has 28 heavy (non-hydrogen) atoms. The maximum absolute atomic E-state index is 13.1. The highest BCUT2D eigenvalue weighted by Crippen LogP contribution is 2.37. The maximum Gasteiger partial charge on any atom is 0.243 e. The number of carbonyl (C=O) groups is 1. The number of halogens is 1. The van der Waals surface area contributed by atoms with Crippen LogP contribution in [0.4, 0.5) is 0 Å². The third-order valence-corrected chi connectivity index (χ3v) is 8.20. The molecule has 2 atom stereocenters. The minimum absolute atomic E-state index is 0.111. The topological polar surface area (TPSA) is 69.7 Å². The molecule has 0 radical (unpaired) electrons. The van der Waals surface area contributed by atoms with E-state index < -0.39 is 15.7 Å². The third kappa shape index (κ3) is 3.70. The molecular formula is C20H30ClN3O3S. The summed E-state index contributed by atoms with van der Waals surface area (Å²) in [7, 11) is -3.60. The van der Waals surface area contributed by atoms with Gasteiger partial charge >= 0.3 is 0 Å². The molecular weight excluding hydrogens is 398 g/mol. The predicted molar refractivity (Wildman–Crippen MR) is 111 cm³/mol. The fraction of sp³-hybridized carbons (Fsp3) is 0.650. The molecule has 2 aliphatic heterocycles. The Hall–Kier alpha value is -1.15. The van der Waals surface area contributed by atoms with Crippen molar-refractivity contribution in [2.45, 2.75) is 69.6 Å². The van der Waals surface area contributed by atoms with Gasteiger partial charge in [0.05, 0.1) is 16.6 Å². The highest BCUT2D eigenvalue weighted by Gasteiger charge is 2.54. The van der Waals surface area contributed by atoms with Crippen LogP contribution in [0.1, 0.15) is 47.0 Å². The van der Waals surface area contributed by atoms with Crippen LogP contribution >= 0.6 is 11.6 Å². The largest absolute Gasteiger partial charge is 0.320 e. The summed E-state index contributed by atoms with van der Waals surface area (Å²) >= 11 is 5.98. The van der Waals surface area contributed by atoms with E-state index >= 15 is 0 Å². The molecule has 1 aromatic rings. The number of rotatable bonds is 5. The molecule has 2 heterocycles. The van der Waals surface area contributed by atoms with Crippen LogP contribution < -0.4 is 5.32 Å². The predicted octanol–water partition coefficient (Wildman–Crippen LogP) is 3.08. The molecule has 0 aromatic heterocycles. The van der Waals surface area contributed by atoms with Gasteiger partial charge in [-0.1, -0.05) is 38.4 Å². The Balaban J connectivity index is 1.83. The average molecular weight is 428 g/mol. The number of carbonyl (C=O) groups excluding carboxylic acids is 1. The van der Waals surface area contributed by atoms with Gasteiger partial charge in [-0.25, -0.2) is 8.42 Å². The van der Waals surface area contributed by atoms with Crippen molar-refractivity contribution >= 4 is 27.5 Å². The maximum atomic E-state index is 13.1. The van der Waals surface area contributed by atoms with Crippen LogP contribution in [0.3, 0.4) is 0 Å². The second-order valence-electron chi connectivity index (χ2n) is 8.22. The molecule has 2 aliphatic rings. The number of nitrogens with one attached hydrogen (secondary N) is 1. The van der Waals surface area contributed by atoms with Crippen LogP contribution in [0.5, 0.6) is 0 Å². The quantitative estimate of drug-likeness (QED) is 0.783. The van der Waals surface area contributed by atoms with Crippen molar-refractivity contribution in [3.63, 3.8) is 0 Å². The van der Waals surface area contributed by atoms with Crippen LogP contribution in [-0.2, 0) is 14.8 Å². The van der Waals surface area contributed by atoms with Gasteiger partial charge in [-0.05, 0) is 50.3 Å². The molecule has 1 aromatic carbocycles. The van der Waals surface area contributed by atoms with E-state index in [4.69, 9.17) is 11.6 Å². The first-order chi connectivity index (χ1) is 13.1. The van der Waals surface area contributed by atoms with Crippen molar-refractivity contribution in [2.24, 2.45) is 5.92 Å². The molecule has 0 bridgehead atoms. The Labute approximate surface area is 173 Å². The normalized spacial score (nSPS) is 24.3. The number of amides is 1. The molecule has 0 unspecified atom stereocenters. The Bertz CT molecular complexity index is 835. The molecule has 6 nitrogen and oxygen atoms in total. The molecule has 1 spiro atoms. The minimum Gasteiger partial charge on any atom is -0.320 e. The molecule has 1 N–H and O–H groups in total. The van der Waals surface area contributed by atoms with Gasteiger partial charge in [0.25, 0.3) is 0 Å². The Morgan fingerprint density at radius 3 is 2.43 bits per heavy atom. The fourth-order valence-corrected chi connectivity index (χ4v) is 6.06. The second-order valence-corrected chi connectivity index (χ2v) is 10.6. The number of hydrogen-bond acceptors (Lipinski definition) is 4. The summed E-state index contributed by atoms with van der Waals surface area (Å²) in [5.41, 5.74) is -0.470. The van der Waals surface area contributed by atoms with E-state index in [9.17, 15) is 13.2 Å². The van der Waals surface area contributed by atoms with Gasteiger partial charge in [0.15, 0.2) is 0 Å². The van der Waals surface area contributed by atoms with Crippen LogP contribution in [0, 0.1) is 5.92 Å². The zero-order chi connectivity index (χ0) is 20.7. The van der Waals surface area contributed by atoms with Crippen molar-refractivity contribution in [1.82, 2.24) is 14.5 Å². The fourth-order valence-electron chi connectivity index (χ4n) is 4.31. The van der Waals surface area contributed by atoms with Gasteiger partial charge in [-0.2, -0.15) is 4.31 Å². The highest BCUT2D eigenvalue weighted by molar-refractivity contribution is 7.89. The second kappa shape index (κ2) is 7.94. The summed E-state index contributed by atoms with van der Waals surface area (Å²) in [4.78, 5) is 15.3. The van der Waals surface area contributed by atoms with Crippen LogP contribution in [-0.4, -0.2) is 54.4 Å². The lowest BCUT2D eigenvalue weighted by atomic mass is 9.95. The zero-order valence-electron chi connectivity index (χ0n) is 17.0. The molecule has 1 amide bonds. The highest BCUT2D eigenvalue weighted by atomic mass is 35.5. The molecule has 8 heteroatoms. The third-order valence-electron chi connectivity index (χ3n) is 6.07. The van der Waals surface area contributed by atoms with E-state index in [1.165, 1.54) is 10.4 Å². The van der Waals surface area contributed by atoms with E-state index in [0.29, 0.717) is 31.0 Å². The number of benzene rings is 1. The van der Waals surface area contributed by atoms with E-state index in [0.717, 1.165) is 6.42 Å². The van der Waals surface area contributed by atoms with Crippen molar-refractivity contribution in [3.8, 4) is 0 Å². The number of sulfonamides is 1. The van der Waals surface area contributed by atoms with Gasteiger partial charge in [0.1, 0.15) is 0 Å². The SMILES string of the molecule is CC[C@@H](C)N1C(=O)[C@@H](C(C)C)NC12CCN(S(=O)(=O)c1cccc(Cl)c1)CC2. The monoisotopic (exact) mass is 427 g/mol. The molecule has 2 fully saturated rings. The summed E-state index contributed by atoms with van der Waals surface area (Å²) < 4.78 is 27.5. The van der Waals surface area contributed by atoms with E-state index in [1.807, 2.05) is 18.7 Å². The summed E-state index contributed by atoms with van der Waals surface area (Å²) in [5, 5.41) is 3.98. The minimum atomic E-state index is -3.60. The van der Waals surface area contributed by atoms with Crippen molar-refractivity contribution in [2.75, 3.05) is 13.1 Å². The Morgan fingerprint density at radius 2 is 1.89 bits per heavy atom. The van der Waals surface area contributed by atoms with Crippen molar-refractivity contribution in [3.05, 3.63) is 29.3 Å². The summed E-state index contributed by atoms with van der Waals surface area (Å²) in [5.74, 6) is 0.321. The standard InChI is InChI=1S/C20H30ClN3O3S/c1-5-15(4)24-19(25)18(14(2)3)22-20(24)9-11-23(12-10-20)28(26,27)17-8-6-7-16(21)13-17/h6-8,13-15,18,22H,5,9-12H2,1-4H3/t15-,18-/m1/s1. The molecule has 2 saturated heterocycles. The Kier molecular flexibility index (Phi) is 6.11. The van der Waals surface area contributed by atoms with Gasteiger partial charge in [0.2, 0.25) is 15.9 Å². The van der Waals surface area contributed by atoms with Crippen LogP contribution in [0.2, 0.25) is 5.02 Å². The van der Waals surface area contributed by atoms with Gasteiger partial charge in [0, 0.05) is 24.2 Å². The Morgan fingerprint density at radius 1 is 1.25 bits per heavy atom. The summed E-state index contributed by atoms with van der Waals surface area (Å²) in [6.45, 7) is 8.97. The lowest BCUT2D eigenvalue weighted by Crippen LogP contribution is -2.61. The first-order valence-electron chi connectivity index (χ1n) is 9.99. The lowest BCUT2D eigenvalue weighted by molar-refractivity contribution is -0.136. The van der Waals surface area contributed by atoms with E-state index in [1.54, 1.807) is 18.2 Å². The number of hydrogen-bond donors (Lipinski definition) is 1. The number of nitrogens with zero attached hydrogens (tertiary/aromatic N) is 2. The molecule has 0 saturated carbocycles. The van der Waals surface area contributed by atoms with E-state index in [-0.39, 0.29) is 28.8 Å². The smallest absolute Gasteiger partial charge is 0.243 e. The van der Waals surface area contributed by atoms with Crippen molar-refractivity contribution in [1.29, 1.82) is 0 Å². The van der Waals surface area contributed by atoms with Gasteiger partial charge in [-0.3, -0.25) is 10.1 Å². The van der Waals surface area contributed by atoms with Gasteiger partial charge in [-0.15, -0.1) is 0 Å². The summed E-state index contributed by atoms with van der Waals surface area (Å²) in [6.07, 6.45) is 2.02. The number of piperidine rings is 1. The first-order valence-corrected chi connectivity index (χ1v) is 11.8. The average Bonchev–Trinajstić information content (AvgIpc) is 2.93.